The number of aromatic nitrogens is 2. The first kappa shape index (κ1) is 12.9. The van der Waals surface area contributed by atoms with E-state index >= 15 is 0 Å². The fraction of sp³-hybridized carbons (Fsp3) is 0.769. The molecule has 2 rings (SSSR count). The molecule has 0 spiro atoms. The monoisotopic (exact) mass is 255 g/mol. The van der Waals surface area contributed by atoms with Gasteiger partial charge < -0.3 is 5.73 Å². The lowest BCUT2D eigenvalue weighted by Gasteiger charge is -2.25. The highest BCUT2D eigenvalue weighted by Gasteiger charge is 2.21. The molecule has 1 aliphatic rings. The zero-order valence-corrected chi connectivity index (χ0v) is 11.3. The van der Waals surface area contributed by atoms with Gasteiger partial charge in [0.1, 0.15) is 0 Å². The summed E-state index contributed by atoms with van der Waals surface area (Å²) in [4.78, 5) is 0. The molecule has 3 nitrogen and oxygen atoms in total. The summed E-state index contributed by atoms with van der Waals surface area (Å²) in [6.45, 7) is 2.90. The minimum Gasteiger partial charge on any atom is -0.323 e. The van der Waals surface area contributed by atoms with Crippen molar-refractivity contribution in [3.63, 3.8) is 0 Å². The van der Waals surface area contributed by atoms with Crippen molar-refractivity contribution in [3.8, 4) is 0 Å². The largest absolute Gasteiger partial charge is 0.323 e. The molecule has 4 heteroatoms. The van der Waals surface area contributed by atoms with Crippen LogP contribution in [0.25, 0.3) is 0 Å². The first-order valence-corrected chi connectivity index (χ1v) is 7.07. The standard InChI is InChI=1S/C13H22ClN3/c1-2-17-13(11(14)9-16-17)12(15)8-10-6-4-3-5-7-10/h9-10,12H,2-8,15H2,1H3. The van der Waals surface area contributed by atoms with E-state index in [1.807, 2.05) is 4.68 Å². The molecule has 17 heavy (non-hydrogen) atoms. The van der Waals surface area contributed by atoms with Crippen LogP contribution in [0.1, 0.15) is 57.2 Å². The van der Waals surface area contributed by atoms with Crippen molar-refractivity contribution in [2.75, 3.05) is 0 Å². The molecule has 1 atom stereocenters. The van der Waals surface area contributed by atoms with Crippen molar-refractivity contribution in [1.82, 2.24) is 9.78 Å². The average molecular weight is 256 g/mol. The lowest BCUT2D eigenvalue weighted by atomic mass is 9.84. The second-order valence-electron chi connectivity index (χ2n) is 5.04. The molecule has 2 N–H and O–H groups in total. The molecule has 1 fully saturated rings. The maximum absolute atomic E-state index is 6.30. The Bertz CT molecular complexity index is 356. The molecule has 1 aromatic rings. The lowest BCUT2D eigenvalue weighted by molar-refractivity contribution is 0.314. The van der Waals surface area contributed by atoms with Gasteiger partial charge in [0.15, 0.2) is 0 Å². The Balaban J connectivity index is 2.02. The second kappa shape index (κ2) is 5.87. The van der Waals surface area contributed by atoms with Gasteiger partial charge in [0.25, 0.3) is 0 Å². The van der Waals surface area contributed by atoms with E-state index in [1.54, 1.807) is 6.20 Å². The maximum atomic E-state index is 6.30. The fourth-order valence-corrected chi connectivity index (χ4v) is 3.17. The SMILES string of the molecule is CCn1ncc(Cl)c1C(N)CC1CCCCC1. The second-order valence-corrected chi connectivity index (χ2v) is 5.45. The van der Waals surface area contributed by atoms with Gasteiger partial charge >= 0.3 is 0 Å². The summed E-state index contributed by atoms with van der Waals surface area (Å²) >= 11 is 6.17. The summed E-state index contributed by atoms with van der Waals surface area (Å²) in [6, 6.07) is 0.0352. The van der Waals surface area contributed by atoms with Crippen LogP contribution in [0, 0.1) is 5.92 Å². The van der Waals surface area contributed by atoms with E-state index in [-0.39, 0.29) is 6.04 Å². The average Bonchev–Trinajstić information content (AvgIpc) is 2.71. The van der Waals surface area contributed by atoms with Crippen molar-refractivity contribution >= 4 is 11.6 Å². The summed E-state index contributed by atoms with van der Waals surface area (Å²) in [5, 5.41) is 4.97. The summed E-state index contributed by atoms with van der Waals surface area (Å²) in [6.07, 6.45) is 9.51. The highest BCUT2D eigenvalue weighted by atomic mass is 35.5. The topological polar surface area (TPSA) is 43.8 Å². The van der Waals surface area contributed by atoms with E-state index in [1.165, 1.54) is 32.1 Å². The van der Waals surface area contributed by atoms with Gasteiger partial charge in [0.2, 0.25) is 0 Å². The summed E-state index contributed by atoms with van der Waals surface area (Å²) in [7, 11) is 0. The number of nitrogens with zero attached hydrogens (tertiary/aromatic N) is 2. The molecule has 1 aliphatic carbocycles. The first-order chi connectivity index (χ1) is 8.22. The summed E-state index contributed by atoms with van der Waals surface area (Å²) in [5.41, 5.74) is 7.32. The molecule has 0 radical (unpaired) electrons. The van der Waals surface area contributed by atoms with Gasteiger partial charge in [0, 0.05) is 12.6 Å². The van der Waals surface area contributed by atoms with E-state index in [2.05, 4.69) is 12.0 Å². The van der Waals surface area contributed by atoms with Gasteiger partial charge in [-0.1, -0.05) is 43.7 Å². The highest BCUT2D eigenvalue weighted by Crippen LogP contribution is 2.32. The van der Waals surface area contributed by atoms with Crippen LogP contribution in [0.15, 0.2) is 6.20 Å². The van der Waals surface area contributed by atoms with Crippen molar-refractivity contribution in [2.24, 2.45) is 11.7 Å². The molecule has 0 aromatic carbocycles. The number of aryl methyl sites for hydroxylation is 1. The lowest BCUT2D eigenvalue weighted by Crippen LogP contribution is -2.21. The van der Waals surface area contributed by atoms with Crippen molar-refractivity contribution < 1.29 is 0 Å². The molecule has 1 unspecified atom stereocenters. The molecule has 1 aromatic heterocycles. The van der Waals surface area contributed by atoms with Crippen LogP contribution in [0.3, 0.4) is 0 Å². The summed E-state index contributed by atoms with van der Waals surface area (Å²) in [5.74, 6) is 0.773. The minimum atomic E-state index is 0.0352. The number of rotatable bonds is 4. The van der Waals surface area contributed by atoms with Crippen LogP contribution < -0.4 is 5.73 Å². The molecular weight excluding hydrogens is 234 g/mol. The van der Waals surface area contributed by atoms with Gasteiger partial charge in [-0.2, -0.15) is 5.10 Å². The third-order valence-corrected chi connectivity index (χ3v) is 4.09. The molecule has 0 aliphatic heterocycles. The highest BCUT2D eigenvalue weighted by molar-refractivity contribution is 6.31. The molecule has 1 heterocycles. The predicted molar refractivity (Wildman–Crippen MR) is 71.0 cm³/mol. The summed E-state index contributed by atoms with van der Waals surface area (Å²) < 4.78 is 1.93. The molecule has 0 amide bonds. The fourth-order valence-electron chi connectivity index (χ4n) is 2.89. The third kappa shape index (κ3) is 3.02. The van der Waals surface area contributed by atoms with Crippen LogP contribution in [-0.4, -0.2) is 9.78 Å². The van der Waals surface area contributed by atoms with Crippen molar-refractivity contribution in [1.29, 1.82) is 0 Å². The zero-order chi connectivity index (χ0) is 12.3. The Morgan fingerprint density at radius 3 is 2.82 bits per heavy atom. The quantitative estimate of drug-likeness (QED) is 0.895. The maximum Gasteiger partial charge on any atom is 0.0834 e. The van der Waals surface area contributed by atoms with Crippen LogP contribution in [-0.2, 0) is 6.54 Å². The van der Waals surface area contributed by atoms with Gasteiger partial charge in [0.05, 0.1) is 16.9 Å². The van der Waals surface area contributed by atoms with Gasteiger partial charge in [-0.05, 0) is 19.3 Å². The van der Waals surface area contributed by atoms with Crippen LogP contribution in [0.5, 0.6) is 0 Å². The number of nitrogens with two attached hydrogens (primary N) is 1. The normalized spacial score (nSPS) is 19.5. The molecule has 96 valence electrons. The minimum absolute atomic E-state index is 0.0352. The molecule has 0 saturated heterocycles. The Labute approximate surface area is 108 Å². The van der Waals surface area contributed by atoms with E-state index in [0.717, 1.165) is 29.6 Å². The molecule has 1 saturated carbocycles. The van der Waals surface area contributed by atoms with E-state index < -0.39 is 0 Å². The van der Waals surface area contributed by atoms with E-state index in [0.29, 0.717) is 0 Å². The van der Waals surface area contributed by atoms with Gasteiger partial charge in [-0.25, -0.2) is 0 Å². The Morgan fingerprint density at radius 2 is 2.18 bits per heavy atom. The van der Waals surface area contributed by atoms with E-state index in [4.69, 9.17) is 17.3 Å². The molecule has 0 bridgehead atoms. The van der Waals surface area contributed by atoms with Crippen molar-refractivity contribution in [3.05, 3.63) is 16.9 Å². The number of halogens is 1. The zero-order valence-electron chi connectivity index (χ0n) is 10.5. The van der Waals surface area contributed by atoms with Crippen LogP contribution >= 0.6 is 11.6 Å². The van der Waals surface area contributed by atoms with Crippen LogP contribution in [0.2, 0.25) is 5.02 Å². The Kier molecular flexibility index (Phi) is 4.46. The predicted octanol–water partition coefficient (Wildman–Crippen LogP) is 3.53. The third-order valence-electron chi connectivity index (χ3n) is 3.80. The number of hydrogen-bond donors (Lipinski definition) is 1. The van der Waals surface area contributed by atoms with Crippen LogP contribution in [0.4, 0.5) is 0 Å². The van der Waals surface area contributed by atoms with Gasteiger partial charge in [-0.15, -0.1) is 0 Å². The Hall–Kier alpha value is -0.540. The Morgan fingerprint density at radius 1 is 1.47 bits per heavy atom. The smallest absolute Gasteiger partial charge is 0.0834 e. The van der Waals surface area contributed by atoms with Crippen molar-refractivity contribution in [2.45, 2.75) is 58.0 Å². The molecular formula is C13H22ClN3. The first-order valence-electron chi connectivity index (χ1n) is 6.69. The van der Waals surface area contributed by atoms with Gasteiger partial charge in [-0.3, -0.25) is 4.68 Å². The van der Waals surface area contributed by atoms with E-state index in [9.17, 15) is 0 Å². The number of hydrogen-bond acceptors (Lipinski definition) is 2.